The third-order valence-corrected chi connectivity index (χ3v) is 5.33. The highest BCUT2D eigenvalue weighted by molar-refractivity contribution is 6.31. The summed E-state index contributed by atoms with van der Waals surface area (Å²) >= 11 is 6.07. The first-order valence-corrected chi connectivity index (χ1v) is 8.42. The van der Waals surface area contributed by atoms with Crippen molar-refractivity contribution in [3.05, 3.63) is 34.3 Å². The maximum absolute atomic E-state index is 12.9. The molecule has 0 aromatic heterocycles. The van der Waals surface area contributed by atoms with Gasteiger partial charge in [0.25, 0.3) is 0 Å². The zero-order valence-electron chi connectivity index (χ0n) is 12.7. The first-order chi connectivity index (χ1) is 10.1. The van der Waals surface area contributed by atoms with Crippen molar-refractivity contribution in [2.24, 2.45) is 5.92 Å². The summed E-state index contributed by atoms with van der Waals surface area (Å²) < 4.78 is 6.10. The number of hydrogen-bond acceptors (Lipinski definition) is 2. The summed E-state index contributed by atoms with van der Waals surface area (Å²) in [6, 6.07) is 5.60. The topological polar surface area (TPSA) is 26.3 Å². The molecular formula is C18H23ClO2. The van der Waals surface area contributed by atoms with Crippen molar-refractivity contribution < 1.29 is 9.53 Å². The smallest absolute Gasteiger partial charge is 0.166 e. The van der Waals surface area contributed by atoms with Crippen molar-refractivity contribution in [1.82, 2.24) is 0 Å². The van der Waals surface area contributed by atoms with Gasteiger partial charge in [0, 0.05) is 23.1 Å². The minimum Gasteiger partial charge on any atom is -0.375 e. The molecule has 1 aliphatic heterocycles. The molecule has 1 saturated carbocycles. The lowest BCUT2D eigenvalue weighted by Gasteiger charge is -2.43. The summed E-state index contributed by atoms with van der Waals surface area (Å²) in [5, 5.41) is 0.642. The number of carbonyl (C=O) groups is 1. The minimum absolute atomic E-state index is 0.0245. The van der Waals surface area contributed by atoms with Crippen LogP contribution in [0.3, 0.4) is 0 Å². The summed E-state index contributed by atoms with van der Waals surface area (Å²) in [5.41, 5.74) is 1.79. The maximum Gasteiger partial charge on any atom is 0.166 e. The van der Waals surface area contributed by atoms with Crippen LogP contribution >= 0.6 is 11.6 Å². The fourth-order valence-electron chi connectivity index (χ4n) is 3.88. The molecule has 1 spiro atoms. The molecule has 0 bridgehead atoms. The van der Waals surface area contributed by atoms with Crippen LogP contribution in [0.1, 0.15) is 60.9 Å². The fraction of sp³-hybridized carbons (Fsp3) is 0.611. The van der Waals surface area contributed by atoms with E-state index in [0.29, 0.717) is 5.02 Å². The molecule has 0 amide bonds. The second-order valence-electron chi connectivity index (χ2n) is 6.61. The summed E-state index contributed by atoms with van der Waals surface area (Å²) in [7, 11) is 0. The largest absolute Gasteiger partial charge is 0.375 e. The lowest BCUT2D eigenvalue weighted by atomic mass is 9.74. The van der Waals surface area contributed by atoms with Gasteiger partial charge in [-0.25, -0.2) is 0 Å². The highest BCUT2D eigenvalue weighted by Crippen LogP contribution is 2.41. The van der Waals surface area contributed by atoms with Gasteiger partial charge in [-0.2, -0.15) is 0 Å². The molecule has 3 rings (SSSR count). The normalized spacial score (nSPS) is 25.0. The molecule has 1 aromatic rings. The van der Waals surface area contributed by atoms with Crippen LogP contribution in [0.15, 0.2) is 18.2 Å². The van der Waals surface area contributed by atoms with Crippen molar-refractivity contribution in [3.63, 3.8) is 0 Å². The van der Waals surface area contributed by atoms with Crippen LogP contribution < -0.4 is 0 Å². The van der Waals surface area contributed by atoms with Crippen LogP contribution in [0.25, 0.3) is 0 Å². The van der Waals surface area contributed by atoms with Crippen LogP contribution in [-0.2, 0) is 4.74 Å². The van der Waals surface area contributed by atoms with Crippen LogP contribution in [0.5, 0.6) is 0 Å². The molecule has 2 fully saturated rings. The molecule has 114 valence electrons. The molecule has 1 atom stereocenters. The van der Waals surface area contributed by atoms with Crippen molar-refractivity contribution in [2.75, 3.05) is 6.61 Å². The zero-order chi connectivity index (χ0) is 14.9. The summed E-state index contributed by atoms with van der Waals surface area (Å²) in [6.07, 6.45) is 7.73. The van der Waals surface area contributed by atoms with Gasteiger partial charge in [0.15, 0.2) is 5.78 Å². The van der Waals surface area contributed by atoms with Crippen LogP contribution in [-0.4, -0.2) is 18.0 Å². The third-order valence-electron chi connectivity index (χ3n) is 5.09. The first kappa shape index (κ1) is 15.1. The van der Waals surface area contributed by atoms with Crippen LogP contribution in [0.4, 0.5) is 0 Å². The van der Waals surface area contributed by atoms with E-state index in [0.717, 1.165) is 43.4 Å². The number of benzene rings is 1. The highest BCUT2D eigenvalue weighted by Gasteiger charge is 2.40. The lowest BCUT2D eigenvalue weighted by Crippen LogP contribution is -2.43. The number of Topliss-reactive ketones (excluding diaryl/α,β-unsaturated/α-hetero) is 1. The van der Waals surface area contributed by atoms with Gasteiger partial charge in [-0.1, -0.05) is 36.9 Å². The molecular weight excluding hydrogens is 284 g/mol. The van der Waals surface area contributed by atoms with E-state index in [2.05, 4.69) is 0 Å². The van der Waals surface area contributed by atoms with E-state index in [1.165, 1.54) is 19.3 Å². The molecule has 0 radical (unpaired) electrons. The summed E-state index contributed by atoms with van der Waals surface area (Å²) in [5.74, 6) is 0.345. The van der Waals surface area contributed by atoms with E-state index in [1.807, 2.05) is 25.1 Å². The second kappa shape index (κ2) is 6.10. The van der Waals surface area contributed by atoms with Gasteiger partial charge < -0.3 is 4.74 Å². The molecule has 0 N–H and O–H groups in total. The second-order valence-corrected chi connectivity index (χ2v) is 7.04. The number of ketones is 1. The van der Waals surface area contributed by atoms with E-state index in [9.17, 15) is 4.79 Å². The Bertz CT molecular complexity index is 527. The summed E-state index contributed by atoms with van der Waals surface area (Å²) in [4.78, 5) is 12.9. The van der Waals surface area contributed by atoms with Gasteiger partial charge in [-0.3, -0.25) is 4.79 Å². The molecule has 21 heavy (non-hydrogen) atoms. The van der Waals surface area contributed by atoms with Crippen molar-refractivity contribution in [2.45, 2.75) is 57.5 Å². The average Bonchev–Trinajstić information content (AvgIpc) is 2.50. The molecule has 3 heteroatoms. The Morgan fingerprint density at radius 2 is 2.05 bits per heavy atom. The number of rotatable bonds is 2. The lowest BCUT2D eigenvalue weighted by molar-refractivity contribution is -0.111. The number of hydrogen-bond donors (Lipinski definition) is 0. The molecule has 1 saturated heterocycles. The number of halogens is 1. The molecule has 2 aliphatic rings. The predicted molar refractivity (Wildman–Crippen MR) is 85.0 cm³/mol. The zero-order valence-corrected chi connectivity index (χ0v) is 13.4. The van der Waals surface area contributed by atoms with Gasteiger partial charge in [0.05, 0.1) is 5.60 Å². The SMILES string of the molecule is Cc1ccc(Cl)cc1C(=O)C1CCOC2(CCCCC2)C1. The van der Waals surface area contributed by atoms with Gasteiger partial charge in [-0.15, -0.1) is 0 Å². The molecule has 1 aromatic carbocycles. The van der Waals surface area contributed by atoms with Crippen molar-refractivity contribution >= 4 is 17.4 Å². The average molecular weight is 307 g/mol. The van der Waals surface area contributed by atoms with Gasteiger partial charge in [-0.05, 0) is 50.3 Å². The summed E-state index contributed by atoms with van der Waals surface area (Å²) in [6.45, 7) is 2.70. The van der Waals surface area contributed by atoms with Gasteiger partial charge >= 0.3 is 0 Å². The van der Waals surface area contributed by atoms with Gasteiger partial charge in [0.2, 0.25) is 0 Å². The molecule has 1 unspecified atom stereocenters. The third kappa shape index (κ3) is 3.17. The van der Waals surface area contributed by atoms with E-state index in [4.69, 9.17) is 16.3 Å². The highest BCUT2D eigenvalue weighted by atomic mass is 35.5. The monoisotopic (exact) mass is 306 g/mol. The number of aryl methyl sites for hydroxylation is 1. The molecule has 2 nitrogen and oxygen atoms in total. The van der Waals surface area contributed by atoms with E-state index in [-0.39, 0.29) is 17.3 Å². The standard InChI is InChI=1S/C18H23ClO2/c1-13-5-6-15(19)11-16(13)17(20)14-7-10-21-18(12-14)8-3-2-4-9-18/h5-6,11,14H,2-4,7-10,12H2,1H3. The Hall–Kier alpha value is -0.860. The van der Waals surface area contributed by atoms with E-state index >= 15 is 0 Å². The number of carbonyl (C=O) groups excluding carboxylic acids is 1. The Labute approximate surface area is 131 Å². The Kier molecular flexibility index (Phi) is 4.37. The number of ether oxygens (including phenoxy) is 1. The quantitative estimate of drug-likeness (QED) is 0.722. The van der Waals surface area contributed by atoms with E-state index < -0.39 is 0 Å². The molecule has 1 heterocycles. The Morgan fingerprint density at radius 3 is 2.81 bits per heavy atom. The predicted octanol–water partition coefficient (Wildman–Crippen LogP) is 4.96. The Balaban J connectivity index is 1.79. The maximum atomic E-state index is 12.9. The van der Waals surface area contributed by atoms with Crippen molar-refractivity contribution in [3.8, 4) is 0 Å². The fourth-order valence-corrected chi connectivity index (χ4v) is 4.05. The van der Waals surface area contributed by atoms with Crippen LogP contribution in [0, 0.1) is 12.8 Å². The Morgan fingerprint density at radius 1 is 1.29 bits per heavy atom. The first-order valence-electron chi connectivity index (χ1n) is 8.04. The van der Waals surface area contributed by atoms with Gasteiger partial charge in [0.1, 0.15) is 0 Å². The van der Waals surface area contributed by atoms with Crippen LogP contribution in [0.2, 0.25) is 5.02 Å². The van der Waals surface area contributed by atoms with E-state index in [1.54, 1.807) is 0 Å². The van der Waals surface area contributed by atoms with Crippen molar-refractivity contribution in [1.29, 1.82) is 0 Å². The minimum atomic E-state index is -0.0245. The molecule has 1 aliphatic carbocycles.